The van der Waals surface area contributed by atoms with Crippen molar-refractivity contribution in [2.24, 2.45) is 0 Å². The first kappa shape index (κ1) is 12.6. The molecule has 15 heavy (non-hydrogen) atoms. The number of aromatic nitrogens is 2. The fraction of sp³-hybridized carbons (Fsp3) is 0.750. The Morgan fingerprint density at radius 3 is 2.47 bits per heavy atom. The number of unbranched alkanes of at least 4 members (excludes halogenated alkanes) is 2. The van der Waals surface area contributed by atoms with Crippen LogP contribution in [0.2, 0.25) is 0 Å². The van der Waals surface area contributed by atoms with E-state index in [1.807, 2.05) is 13.8 Å². The molecule has 0 aromatic carbocycles. The summed E-state index contributed by atoms with van der Waals surface area (Å²) in [6.07, 6.45) is 3.72. The van der Waals surface area contributed by atoms with Crippen LogP contribution in [0.1, 0.15) is 55.4 Å². The van der Waals surface area contributed by atoms with Crippen LogP contribution in [0.4, 0.5) is 0 Å². The predicted octanol–water partition coefficient (Wildman–Crippen LogP) is 3.99. The molecule has 0 N–H and O–H groups in total. The maximum Gasteiger partial charge on any atom is 0.0643 e. The van der Waals surface area contributed by atoms with Gasteiger partial charge in [0.05, 0.1) is 11.1 Å². The zero-order valence-corrected chi connectivity index (χ0v) is 10.9. The molecule has 1 unspecified atom stereocenters. The van der Waals surface area contributed by atoms with Crippen molar-refractivity contribution in [3.8, 4) is 0 Å². The quantitative estimate of drug-likeness (QED) is 0.551. The van der Waals surface area contributed by atoms with E-state index in [1.54, 1.807) is 0 Å². The molecule has 1 heterocycles. The average Bonchev–Trinajstić information content (AvgIpc) is 2.42. The Labute approximate surface area is 97.6 Å². The molecule has 2 nitrogen and oxygen atoms in total. The summed E-state index contributed by atoms with van der Waals surface area (Å²) < 4.78 is 2.10. The van der Waals surface area contributed by atoms with E-state index in [0.717, 1.165) is 12.2 Å². The van der Waals surface area contributed by atoms with Crippen LogP contribution in [0.5, 0.6) is 0 Å². The van der Waals surface area contributed by atoms with Crippen LogP contribution >= 0.6 is 11.6 Å². The van der Waals surface area contributed by atoms with Crippen molar-refractivity contribution in [2.75, 3.05) is 0 Å². The molecule has 0 spiro atoms. The summed E-state index contributed by atoms with van der Waals surface area (Å²) in [4.78, 5) is 0. The van der Waals surface area contributed by atoms with Crippen molar-refractivity contribution in [2.45, 2.75) is 58.9 Å². The van der Waals surface area contributed by atoms with Gasteiger partial charge in [-0.25, -0.2) is 0 Å². The van der Waals surface area contributed by atoms with Crippen molar-refractivity contribution >= 4 is 11.6 Å². The summed E-state index contributed by atoms with van der Waals surface area (Å²) >= 11 is 6.14. The van der Waals surface area contributed by atoms with Crippen LogP contribution in [-0.2, 0) is 6.54 Å². The summed E-state index contributed by atoms with van der Waals surface area (Å²) in [5.74, 6) is 0. The Bertz CT molecular complexity index is 316. The van der Waals surface area contributed by atoms with Crippen molar-refractivity contribution in [3.05, 3.63) is 17.0 Å². The lowest BCUT2D eigenvalue weighted by Gasteiger charge is -2.06. The van der Waals surface area contributed by atoms with Gasteiger partial charge in [-0.3, -0.25) is 4.68 Å². The fourth-order valence-electron chi connectivity index (χ4n) is 2.02. The molecule has 0 fully saturated rings. The maximum absolute atomic E-state index is 6.14. The standard InChI is InChI=1S/C12H21ClN2/c1-5-6-7-8-15-11(4)12(9(2)13)10(3)14-15/h9H,5-8H2,1-4H3. The smallest absolute Gasteiger partial charge is 0.0643 e. The summed E-state index contributed by atoms with van der Waals surface area (Å²) in [6.45, 7) is 9.39. The fourth-order valence-corrected chi connectivity index (χ4v) is 2.33. The molecule has 1 atom stereocenters. The summed E-state index contributed by atoms with van der Waals surface area (Å²) in [5.41, 5.74) is 3.51. The van der Waals surface area contributed by atoms with E-state index < -0.39 is 0 Å². The van der Waals surface area contributed by atoms with E-state index in [4.69, 9.17) is 11.6 Å². The lowest BCUT2D eigenvalue weighted by atomic mass is 10.1. The second kappa shape index (κ2) is 5.55. The van der Waals surface area contributed by atoms with Gasteiger partial charge in [0.1, 0.15) is 0 Å². The van der Waals surface area contributed by atoms with Gasteiger partial charge in [-0.1, -0.05) is 19.8 Å². The molecule has 0 aliphatic heterocycles. The van der Waals surface area contributed by atoms with Crippen molar-refractivity contribution in [1.29, 1.82) is 0 Å². The third-order valence-electron chi connectivity index (χ3n) is 2.81. The van der Waals surface area contributed by atoms with Crippen LogP contribution < -0.4 is 0 Å². The van der Waals surface area contributed by atoms with Gasteiger partial charge in [0.15, 0.2) is 0 Å². The van der Waals surface area contributed by atoms with E-state index in [1.165, 1.54) is 30.5 Å². The summed E-state index contributed by atoms with van der Waals surface area (Å²) in [6, 6.07) is 0. The average molecular weight is 229 g/mol. The molecule has 1 aromatic rings. The Morgan fingerprint density at radius 1 is 1.33 bits per heavy atom. The highest BCUT2D eigenvalue weighted by molar-refractivity contribution is 6.20. The number of nitrogens with zero attached hydrogens (tertiary/aromatic N) is 2. The molecule has 0 radical (unpaired) electrons. The topological polar surface area (TPSA) is 17.8 Å². The van der Waals surface area contributed by atoms with Gasteiger partial charge in [-0.05, 0) is 27.2 Å². The monoisotopic (exact) mass is 228 g/mol. The van der Waals surface area contributed by atoms with Gasteiger partial charge in [0.2, 0.25) is 0 Å². The Balaban J connectivity index is 2.77. The first-order valence-corrected chi connectivity index (χ1v) is 6.19. The molecule has 0 saturated carbocycles. The molecule has 3 heteroatoms. The third-order valence-corrected chi connectivity index (χ3v) is 3.03. The third kappa shape index (κ3) is 2.97. The molecule has 0 aliphatic carbocycles. The maximum atomic E-state index is 6.14. The highest BCUT2D eigenvalue weighted by Crippen LogP contribution is 2.26. The molecular formula is C12H21ClN2. The number of aryl methyl sites for hydroxylation is 2. The molecule has 0 bridgehead atoms. The van der Waals surface area contributed by atoms with E-state index in [0.29, 0.717) is 0 Å². The van der Waals surface area contributed by atoms with Gasteiger partial charge in [0.25, 0.3) is 0 Å². The minimum atomic E-state index is 0.0601. The van der Waals surface area contributed by atoms with E-state index in [2.05, 4.69) is 23.6 Å². The van der Waals surface area contributed by atoms with Crippen molar-refractivity contribution < 1.29 is 0 Å². The Hall–Kier alpha value is -0.500. The largest absolute Gasteiger partial charge is 0.269 e. The number of halogens is 1. The van der Waals surface area contributed by atoms with Gasteiger partial charge in [-0.2, -0.15) is 5.10 Å². The van der Waals surface area contributed by atoms with Gasteiger partial charge >= 0.3 is 0 Å². The SMILES string of the molecule is CCCCCn1nc(C)c(C(C)Cl)c1C. The number of hydrogen-bond acceptors (Lipinski definition) is 1. The lowest BCUT2D eigenvalue weighted by molar-refractivity contribution is 0.539. The number of hydrogen-bond donors (Lipinski definition) is 0. The highest BCUT2D eigenvalue weighted by Gasteiger charge is 2.14. The Morgan fingerprint density at radius 2 is 2.00 bits per heavy atom. The van der Waals surface area contributed by atoms with Gasteiger partial charge in [0, 0.05) is 17.8 Å². The van der Waals surface area contributed by atoms with Crippen molar-refractivity contribution in [1.82, 2.24) is 9.78 Å². The number of rotatable bonds is 5. The van der Waals surface area contributed by atoms with Gasteiger partial charge < -0.3 is 0 Å². The minimum Gasteiger partial charge on any atom is -0.269 e. The molecule has 86 valence electrons. The van der Waals surface area contributed by atoms with Crippen LogP contribution in [0.25, 0.3) is 0 Å². The van der Waals surface area contributed by atoms with E-state index >= 15 is 0 Å². The van der Waals surface area contributed by atoms with E-state index in [9.17, 15) is 0 Å². The van der Waals surface area contributed by atoms with Gasteiger partial charge in [-0.15, -0.1) is 11.6 Å². The number of alkyl halides is 1. The Kier molecular flexibility index (Phi) is 4.65. The predicted molar refractivity (Wildman–Crippen MR) is 65.5 cm³/mol. The van der Waals surface area contributed by atoms with Crippen LogP contribution in [-0.4, -0.2) is 9.78 Å². The van der Waals surface area contributed by atoms with Crippen molar-refractivity contribution in [3.63, 3.8) is 0 Å². The zero-order valence-electron chi connectivity index (χ0n) is 10.2. The van der Waals surface area contributed by atoms with Crippen LogP contribution in [0.15, 0.2) is 0 Å². The minimum absolute atomic E-state index is 0.0601. The second-order valence-corrected chi connectivity index (χ2v) is 4.79. The lowest BCUT2D eigenvalue weighted by Crippen LogP contribution is -2.03. The highest BCUT2D eigenvalue weighted by atomic mass is 35.5. The summed E-state index contributed by atoms with van der Waals surface area (Å²) in [7, 11) is 0. The normalized spacial score (nSPS) is 13.1. The molecule has 0 aliphatic rings. The van der Waals surface area contributed by atoms with Crippen LogP contribution in [0.3, 0.4) is 0 Å². The zero-order chi connectivity index (χ0) is 11.4. The first-order chi connectivity index (χ1) is 7.07. The molecule has 1 rings (SSSR count). The second-order valence-electron chi connectivity index (χ2n) is 4.13. The molecule has 0 amide bonds. The van der Waals surface area contributed by atoms with E-state index in [-0.39, 0.29) is 5.38 Å². The molecule has 0 saturated heterocycles. The van der Waals surface area contributed by atoms with Crippen LogP contribution in [0, 0.1) is 13.8 Å². The summed E-state index contributed by atoms with van der Waals surface area (Å²) in [5, 5.41) is 4.60. The first-order valence-electron chi connectivity index (χ1n) is 5.75. The molecule has 1 aromatic heterocycles. The molecular weight excluding hydrogens is 208 g/mol.